The van der Waals surface area contributed by atoms with E-state index < -0.39 is 10.0 Å². The van der Waals surface area contributed by atoms with Crippen LogP contribution in [0.1, 0.15) is 0 Å². The number of pyridine rings is 1. The smallest absolute Gasteiger partial charge is 0.242 e. The molecule has 1 heterocycles. The highest BCUT2D eigenvalue weighted by atomic mass is 32.2. The maximum absolute atomic E-state index is 11.9. The number of rotatable bonds is 3. The first-order valence-corrected chi connectivity index (χ1v) is 7.07. The molecule has 0 aliphatic heterocycles. The van der Waals surface area contributed by atoms with Gasteiger partial charge in [0, 0.05) is 38.1 Å². The average Bonchev–Trinajstić information content (AvgIpc) is 2.38. The fourth-order valence-corrected chi connectivity index (χ4v) is 2.53. The van der Waals surface area contributed by atoms with E-state index in [1.54, 1.807) is 18.3 Å². The monoisotopic (exact) mass is 278 g/mol. The van der Waals surface area contributed by atoms with Gasteiger partial charge in [-0.1, -0.05) is 12.1 Å². The Morgan fingerprint density at radius 2 is 1.68 bits per heavy atom. The van der Waals surface area contributed by atoms with Gasteiger partial charge in [0.05, 0.1) is 4.90 Å². The lowest BCUT2D eigenvalue weighted by molar-refractivity contribution is 0.521. The molecule has 2 rings (SSSR count). The zero-order chi connectivity index (χ0) is 14.0. The highest BCUT2D eigenvalue weighted by Crippen LogP contribution is 2.19. The second kappa shape index (κ2) is 4.99. The van der Waals surface area contributed by atoms with E-state index in [1.807, 2.05) is 0 Å². The predicted molar refractivity (Wildman–Crippen MR) is 73.4 cm³/mol. The van der Waals surface area contributed by atoms with Crippen LogP contribution in [0.2, 0.25) is 0 Å². The van der Waals surface area contributed by atoms with Gasteiger partial charge in [0.2, 0.25) is 10.0 Å². The van der Waals surface area contributed by atoms with Crippen LogP contribution in [0.4, 0.5) is 0 Å². The summed E-state index contributed by atoms with van der Waals surface area (Å²) >= 11 is 0. The molecule has 0 fully saturated rings. The summed E-state index contributed by atoms with van der Waals surface area (Å²) in [7, 11) is -0.455. The van der Waals surface area contributed by atoms with Gasteiger partial charge in [0.25, 0.3) is 0 Å². The van der Waals surface area contributed by atoms with Crippen molar-refractivity contribution in [2.45, 2.75) is 4.90 Å². The molecule has 0 aliphatic carbocycles. The Morgan fingerprint density at radius 3 is 2.21 bits per heavy atom. The van der Waals surface area contributed by atoms with E-state index in [4.69, 9.17) is 0 Å². The molecule has 1 aromatic carbocycles. The number of aromatic amines is 1. The van der Waals surface area contributed by atoms with Crippen LogP contribution in [0, 0.1) is 0 Å². The standard InChI is InChI=1S/C13H14N2O3S/c1-15(2)19(17,18)12-5-3-10(4-6-12)13-9-11(16)7-8-14-13/h3-9H,1-2H3,(H,14,16). The molecule has 0 spiro atoms. The molecule has 5 nitrogen and oxygen atoms in total. The summed E-state index contributed by atoms with van der Waals surface area (Å²) in [6, 6.07) is 9.28. The van der Waals surface area contributed by atoms with Crippen molar-refractivity contribution < 1.29 is 8.42 Å². The van der Waals surface area contributed by atoms with E-state index in [9.17, 15) is 13.2 Å². The minimum Gasteiger partial charge on any atom is -0.361 e. The van der Waals surface area contributed by atoms with E-state index in [0.29, 0.717) is 5.69 Å². The molecule has 6 heteroatoms. The molecule has 0 atom stereocenters. The third-order valence-corrected chi connectivity index (χ3v) is 4.55. The van der Waals surface area contributed by atoms with Crippen molar-refractivity contribution in [1.82, 2.24) is 9.29 Å². The van der Waals surface area contributed by atoms with Gasteiger partial charge in [-0.05, 0) is 17.7 Å². The largest absolute Gasteiger partial charge is 0.361 e. The van der Waals surface area contributed by atoms with Crippen molar-refractivity contribution in [3.63, 3.8) is 0 Å². The van der Waals surface area contributed by atoms with Gasteiger partial charge in [-0.25, -0.2) is 12.7 Å². The number of hydrogen-bond donors (Lipinski definition) is 1. The molecule has 0 radical (unpaired) electrons. The number of nitrogens with one attached hydrogen (secondary N) is 1. The zero-order valence-electron chi connectivity index (χ0n) is 10.6. The normalized spacial score (nSPS) is 11.7. The van der Waals surface area contributed by atoms with E-state index in [-0.39, 0.29) is 10.3 Å². The van der Waals surface area contributed by atoms with E-state index in [1.165, 1.54) is 38.4 Å². The van der Waals surface area contributed by atoms with Crippen LogP contribution in [0.25, 0.3) is 11.3 Å². The van der Waals surface area contributed by atoms with Crippen LogP contribution in [-0.2, 0) is 10.0 Å². The van der Waals surface area contributed by atoms with E-state index in [2.05, 4.69) is 4.98 Å². The zero-order valence-corrected chi connectivity index (χ0v) is 11.4. The Bertz CT molecular complexity index is 731. The van der Waals surface area contributed by atoms with Crippen LogP contribution in [0.5, 0.6) is 0 Å². The summed E-state index contributed by atoms with van der Waals surface area (Å²) in [6.45, 7) is 0. The Labute approximate surface area is 111 Å². The maximum Gasteiger partial charge on any atom is 0.242 e. The van der Waals surface area contributed by atoms with Gasteiger partial charge >= 0.3 is 0 Å². The summed E-state index contributed by atoms with van der Waals surface area (Å²) in [5, 5.41) is 0. The third kappa shape index (κ3) is 2.74. The van der Waals surface area contributed by atoms with E-state index in [0.717, 1.165) is 9.87 Å². The summed E-state index contributed by atoms with van der Waals surface area (Å²) in [5.41, 5.74) is 1.32. The first kappa shape index (κ1) is 13.5. The Kier molecular flexibility index (Phi) is 3.55. The first-order chi connectivity index (χ1) is 8.91. The molecule has 0 unspecified atom stereocenters. The van der Waals surface area contributed by atoms with Crippen molar-refractivity contribution in [1.29, 1.82) is 0 Å². The van der Waals surface area contributed by atoms with Gasteiger partial charge < -0.3 is 4.98 Å². The van der Waals surface area contributed by atoms with Crippen LogP contribution < -0.4 is 5.43 Å². The summed E-state index contributed by atoms with van der Waals surface area (Å²) in [4.78, 5) is 14.4. The molecular formula is C13H14N2O3S. The number of aromatic nitrogens is 1. The summed E-state index contributed by atoms with van der Waals surface area (Å²) in [5.74, 6) is 0. The molecule has 2 aromatic rings. The topological polar surface area (TPSA) is 70.2 Å². The summed E-state index contributed by atoms with van der Waals surface area (Å²) < 4.78 is 25.0. The molecule has 0 aliphatic rings. The lowest BCUT2D eigenvalue weighted by Gasteiger charge is -2.11. The minimum atomic E-state index is -3.42. The number of H-pyrrole nitrogens is 1. The maximum atomic E-state index is 11.9. The predicted octanol–water partition coefficient (Wildman–Crippen LogP) is 1.29. The van der Waals surface area contributed by atoms with Gasteiger partial charge in [0.15, 0.2) is 5.43 Å². The molecule has 100 valence electrons. The van der Waals surface area contributed by atoms with Crippen LogP contribution in [0.15, 0.2) is 52.3 Å². The number of sulfonamides is 1. The van der Waals surface area contributed by atoms with Crippen LogP contribution in [0.3, 0.4) is 0 Å². The lowest BCUT2D eigenvalue weighted by Crippen LogP contribution is -2.22. The number of nitrogens with zero attached hydrogens (tertiary/aromatic N) is 1. The quantitative estimate of drug-likeness (QED) is 0.919. The van der Waals surface area contributed by atoms with Crippen molar-refractivity contribution in [3.05, 3.63) is 52.8 Å². The molecule has 0 bridgehead atoms. The van der Waals surface area contributed by atoms with Gasteiger partial charge in [-0.3, -0.25) is 4.79 Å². The molecule has 19 heavy (non-hydrogen) atoms. The Morgan fingerprint density at radius 1 is 1.05 bits per heavy atom. The molecular weight excluding hydrogens is 264 g/mol. The highest BCUT2D eigenvalue weighted by molar-refractivity contribution is 7.89. The Hall–Kier alpha value is -1.92. The molecule has 0 amide bonds. The number of benzene rings is 1. The molecule has 0 saturated carbocycles. The molecule has 1 N–H and O–H groups in total. The van der Waals surface area contributed by atoms with Gasteiger partial charge in [-0.2, -0.15) is 0 Å². The van der Waals surface area contributed by atoms with Crippen molar-refractivity contribution >= 4 is 10.0 Å². The molecule has 1 aromatic heterocycles. The fourth-order valence-electron chi connectivity index (χ4n) is 1.63. The van der Waals surface area contributed by atoms with Crippen molar-refractivity contribution in [2.24, 2.45) is 0 Å². The highest BCUT2D eigenvalue weighted by Gasteiger charge is 2.16. The molecule has 0 saturated heterocycles. The first-order valence-electron chi connectivity index (χ1n) is 5.63. The van der Waals surface area contributed by atoms with E-state index >= 15 is 0 Å². The van der Waals surface area contributed by atoms with Crippen LogP contribution >= 0.6 is 0 Å². The summed E-state index contributed by atoms with van der Waals surface area (Å²) in [6.07, 6.45) is 1.56. The second-order valence-electron chi connectivity index (χ2n) is 4.25. The SMILES string of the molecule is CN(C)S(=O)(=O)c1ccc(-c2cc(=O)cc[nH]2)cc1. The number of hydrogen-bond acceptors (Lipinski definition) is 3. The Balaban J connectivity index is 2.42. The van der Waals surface area contributed by atoms with Gasteiger partial charge in [0.1, 0.15) is 0 Å². The van der Waals surface area contributed by atoms with Crippen molar-refractivity contribution in [3.8, 4) is 11.3 Å². The lowest BCUT2D eigenvalue weighted by atomic mass is 10.1. The minimum absolute atomic E-state index is 0.0984. The van der Waals surface area contributed by atoms with Crippen LogP contribution in [-0.4, -0.2) is 31.8 Å². The van der Waals surface area contributed by atoms with Crippen molar-refractivity contribution in [2.75, 3.05) is 14.1 Å². The second-order valence-corrected chi connectivity index (χ2v) is 6.40. The third-order valence-electron chi connectivity index (χ3n) is 2.72. The fraction of sp³-hybridized carbons (Fsp3) is 0.154. The van der Waals surface area contributed by atoms with Gasteiger partial charge in [-0.15, -0.1) is 0 Å². The average molecular weight is 278 g/mol.